The van der Waals surface area contributed by atoms with Gasteiger partial charge in [-0.15, -0.1) is 0 Å². The Morgan fingerprint density at radius 2 is 1.72 bits per heavy atom. The Balaban J connectivity index is 1.70. The third kappa shape index (κ3) is 5.72. The lowest BCUT2D eigenvalue weighted by molar-refractivity contribution is -0.0262. The quantitative estimate of drug-likeness (QED) is 0.470. The van der Waals surface area contributed by atoms with Gasteiger partial charge in [-0.05, 0) is 24.3 Å². The van der Waals surface area contributed by atoms with E-state index in [1.54, 1.807) is 36.4 Å². The predicted molar refractivity (Wildman–Crippen MR) is 88.6 cm³/mol. The summed E-state index contributed by atoms with van der Waals surface area (Å²) in [6, 6.07) is 14.6. The van der Waals surface area contributed by atoms with Crippen LogP contribution in [0.15, 0.2) is 48.5 Å². The molecule has 0 radical (unpaired) electrons. The number of aliphatic hydroxyl groups is 2. The fourth-order valence-electron chi connectivity index (χ4n) is 2.02. The van der Waals surface area contributed by atoms with Gasteiger partial charge in [0, 0.05) is 6.54 Å². The zero-order valence-electron chi connectivity index (χ0n) is 13.4. The molecule has 1 unspecified atom stereocenters. The van der Waals surface area contributed by atoms with E-state index in [9.17, 15) is 14.6 Å². The van der Waals surface area contributed by atoms with Gasteiger partial charge in [-0.3, -0.25) is 5.32 Å². The van der Waals surface area contributed by atoms with Gasteiger partial charge in [0.1, 0.15) is 37.4 Å². The molecule has 7 heteroatoms. The number of hydrogen-bond acceptors (Lipinski definition) is 6. The molecule has 0 aliphatic heterocycles. The molecule has 0 saturated carbocycles. The molecule has 2 rings (SSSR count). The second-order valence-electron chi connectivity index (χ2n) is 5.16. The van der Waals surface area contributed by atoms with Crippen LogP contribution < -0.4 is 14.8 Å². The number of aliphatic hydroxyl groups excluding tert-OH is 2. The van der Waals surface area contributed by atoms with Crippen LogP contribution in [0.25, 0.3) is 0 Å². The van der Waals surface area contributed by atoms with Crippen molar-refractivity contribution in [3.63, 3.8) is 0 Å². The summed E-state index contributed by atoms with van der Waals surface area (Å²) in [6.45, 7) is 0.116. The number of ether oxygens (including phenoxy) is 2. The van der Waals surface area contributed by atoms with Crippen molar-refractivity contribution in [1.82, 2.24) is 5.32 Å². The van der Waals surface area contributed by atoms with E-state index in [0.717, 1.165) is 0 Å². The van der Waals surface area contributed by atoms with Crippen LogP contribution in [0.2, 0.25) is 0 Å². The largest absolute Gasteiger partial charge is 0.489 e. The molecule has 132 valence electrons. The summed E-state index contributed by atoms with van der Waals surface area (Å²) < 4.78 is 23.9. The van der Waals surface area contributed by atoms with E-state index in [-0.39, 0.29) is 25.5 Å². The number of rotatable bonds is 9. The molecule has 2 aromatic rings. The molecule has 0 fully saturated rings. The molecule has 0 bridgehead atoms. The van der Waals surface area contributed by atoms with Crippen LogP contribution in [0.1, 0.15) is 5.56 Å². The normalized spacial score (nSPS) is 12.9. The number of halogens is 1. The summed E-state index contributed by atoms with van der Waals surface area (Å²) in [5.41, 5.74) is 0.343. The molecule has 2 aromatic carbocycles. The zero-order valence-corrected chi connectivity index (χ0v) is 13.4. The van der Waals surface area contributed by atoms with E-state index in [4.69, 9.17) is 14.7 Å². The maximum Gasteiger partial charge on any atom is 0.165 e. The molecule has 3 N–H and O–H groups in total. The number of para-hydroxylation sites is 2. The zero-order chi connectivity index (χ0) is 18.1. The summed E-state index contributed by atoms with van der Waals surface area (Å²) in [6.07, 6.45) is -2.46. The van der Waals surface area contributed by atoms with Crippen molar-refractivity contribution in [1.29, 1.82) is 5.26 Å². The molecule has 0 saturated heterocycles. The highest BCUT2D eigenvalue weighted by Gasteiger charge is 2.17. The minimum Gasteiger partial charge on any atom is -0.489 e. The van der Waals surface area contributed by atoms with Crippen LogP contribution >= 0.6 is 0 Å². The van der Waals surface area contributed by atoms with Crippen LogP contribution in [0, 0.1) is 17.1 Å². The average molecular weight is 346 g/mol. The van der Waals surface area contributed by atoms with E-state index in [2.05, 4.69) is 5.32 Å². The van der Waals surface area contributed by atoms with E-state index in [1.807, 2.05) is 6.07 Å². The first kappa shape index (κ1) is 18.7. The van der Waals surface area contributed by atoms with Crippen LogP contribution in [-0.2, 0) is 0 Å². The van der Waals surface area contributed by atoms with Crippen molar-refractivity contribution in [2.45, 2.75) is 12.3 Å². The van der Waals surface area contributed by atoms with Crippen LogP contribution in [0.3, 0.4) is 0 Å². The molecule has 25 heavy (non-hydrogen) atoms. The number of nitrogens with zero attached hydrogens (tertiary/aromatic N) is 1. The van der Waals surface area contributed by atoms with Gasteiger partial charge < -0.3 is 19.7 Å². The minimum atomic E-state index is -1.25. The fraction of sp³-hybridized carbons (Fsp3) is 0.278. The average Bonchev–Trinajstić information content (AvgIpc) is 2.64. The van der Waals surface area contributed by atoms with Crippen LogP contribution in [0.4, 0.5) is 4.39 Å². The molecule has 0 aliphatic carbocycles. The Kier molecular flexibility index (Phi) is 7.16. The molecule has 0 aromatic heterocycles. The number of nitrogens with one attached hydrogen (secondary N) is 1. The Morgan fingerprint density at radius 1 is 1.04 bits per heavy atom. The van der Waals surface area contributed by atoms with Crippen molar-refractivity contribution in [2.24, 2.45) is 0 Å². The van der Waals surface area contributed by atoms with Crippen molar-refractivity contribution in [3.8, 4) is 17.6 Å². The van der Waals surface area contributed by atoms with Gasteiger partial charge in [-0.1, -0.05) is 24.3 Å². The van der Waals surface area contributed by atoms with Gasteiger partial charge in [0.15, 0.2) is 11.6 Å². The molecular weight excluding hydrogens is 327 g/mol. The highest BCUT2D eigenvalue weighted by molar-refractivity contribution is 5.42. The second kappa shape index (κ2) is 9.59. The van der Waals surface area contributed by atoms with E-state index >= 15 is 0 Å². The highest BCUT2D eigenvalue weighted by Crippen LogP contribution is 2.17. The van der Waals surface area contributed by atoms with Gasteiger partial charge in [0.2, 0.25) is 0 Å². The second-order valence-corrected chi connectivity index (χ2v) is 5.16. The van der Waals surface area contributed by atoms with Gasteiger partial charge >= 0.3 is 0 Å². The summed E-state index contributed by atoms with van der Waals surface area (Å²) >= 11 is 0. The first-order chi connectivity index (χ1) is 12.1. The van der Waals surface area contributed by atoms with Crippen molar-refractivity contribution in [2.75, 3.05) is 19.8 Å². The molecule has 0 spiro atoms. The summed E-state index contributed by atoms with van der Waals surface area (Å²) in [5.74, 6) is -0.0115. The number of hydrogen-bond donors (Lipinski definition) is 3. The SMILES string of the molecule is N#Cc1ccccc1OCC(O)[C@H](O)NCCOc1ccccc1F. The van der Waals surface area contributed by atoms with E-state index in [0.29, 0.717) is 11.3 Å². The van der Waals surface area contributed by atoms with Gasteiger partial charge in [-0.25, -0.2) is 4.39 Å². The monoisotopic (exact) mass is 346 g/mol. The highest BCUT2D eigenvalue weighted by atomic mass is 19.1. The number of benzene rings is 2. The van der Waals surface area contributed by atoms with Crippen molar-refractivity contribution in [3.05, 3.63) is 59.9 Å². The third-order valence-corrected chi connectivity index (χ3v) is 3.33. The minimum absolute atomic E-state index is 0.114. The van der Waals surface area contributed by atoms with Gasteiger partial charge in [-0.2, -0.15) is 5.26 Å². The summed E-state index contributed by atoms with van der Waals surface area (Å²) in [4.78, 5) is 0. The lowest BCUT2D eigenvalue weighted by Crippen LogP contribution is -2.44. The Hall–Kier alpha value is -2.66. The lowest BCUT2D eigenvalue weighted by Gasteiger charge is -2.20. The Bertz CT molecular complexity index is 720. The predicted octanol–water partition coefficient (Wildman–Crippen LogP) is 1.42. The maximum atomic E-state index is 13.4. The fourth-order valence-corrected chi connectivity index (χ4v) is 2.02. The van der Waals surface area contributed by atoms with E-state index in [1.165, 1.54) is 12.1 Å². The molecule has 0 heterocycles. The molecule has 0 amide bonds. The topological polar surface area (TPSA) is 94.7 Å². The molecule has 0 aliphatic rings. The molecular formula is C18H19FN2O4. The first-order valence-electron chi connectivity index (χ1n) is 7.70. The Morgan fingerprint density at radius 3 is 2.44 bits per heavy atom. The smallest absolute Gasteiger partial charge is 0.165 e. The standard InChI is InChI=1S/C18H19FN2O4/c19-14-6-2-4-8-17(14)24-10-9-21-18(23)15(22)12-25-16-7-3-1-5-13(16)11-20/h1-8,15,18,21-23H,9-10,12H2/t15?,18-/m0/s1. The maximum absolute atomic E-state index is 13.4. The van der Waals surface area contributed by atoms with E-state index < -0.39 is 18.1 Å². The summed E-state index contributed by atoms with van der Waals surface area (Å²) in [5, 5.41) is 31.3. The van der Waals surface area contributed by atoms with Crippen LogP contribution in [0.5, 0.6) is 11.5 Å². The van der Waals surface area contributed by atoms with Gasteiger partial charge in [0.05, 0.1) is 5.56 Å². The first-order valence-corrected chi connectivity index (χ1v) is 7.70. The van der Waals surface area contributed by atoms with Crippen LogP contribution in [-0.4, -0.2) is 42.3 Å². The number of nitriles is 1. The Labute approximate surface area is 145 Å². The summed E-state index contributed by atoms with van der Waals surface area (Å²) in [7, 11) is 0. The lowest BCUT2D eigenvalue weighted by atomic mass is 10.2. The molecule has 6 nitrogen and oxygen atoms in total. The third-order valence-electron chi connectivity index (χ3n) is 3.33. The molecule has 2 atom stereocenters. The van der Waals surface area contributed by atoms with Gasteiger partial charge in [0.25, 0.3) is 0 Å². The van der Waals surface area contributed by atoms with Crippen molar-refractivity contribution >= 4 is 0 Å². The van der Waals surface area contributed by atoms with Crippen molar-refractivity contribution < 1.29 is 24.1 Å².